The first-order valence-electron chi connectivity index (χ1n) is 7.78. The van der Waals surface area contributed by atoms with Gasteiger partial charge in [-0.05, 0) is 48.9 Å². The molecular formula is C19H15F3N2OS. The first kappa shape index (κ1) is 18.1. The number of aromatic nitrogens is 1. The van der Waals surface area contributed by atoms with Crippen LogP contribution in [0.5, 0.6) is 0 Å². The van der Waals surface area contributed by atoms with Crippen LogP contribution in [0.2, 0.25) is 0 Å². The molecule has 0 aliphatic heterocycles. The van der Waals surface area contributed by atoms with E-state index >= 15 is 0 Å². The summed E-state index contributed by atoms with van der Waals surface area (Å²) in [5.74, 6) is -2.48. The van der Waals surface area contributed by atoms with Gasteiger partial charge in [-0.25, -0.2) is 18.2 Å². The molecule has 26 heavy (non-hydrogen) atoms. The molecule has 0 radical (unpaired) electrons. The lowest BCUT2D eigenvalue weighted by Crippen LogP contribution is -2.26. The summed E-state index contributed by atoms with van der Waals surface area (Å²) in [7, 11) is 1.58. The van der Waals surface area contributed by atoms with E-state index in [4.69, 9.17) is 0 Å². The number of halogens is 3. The van der Waals surface area contributed by atoms with Crippen molar-refractivity contribution < 1.29 is 18.0 Å². The van der Waals surface area contributed by atoms with E-state index in [1.807, 2.05) is 0 Å². The maximum absolute atomic E-state index is 13.3. The fourth-order valence-electron chi connectivity index (χ4n) is 2.47. The molecular weight excluding hydrogens is 361 g/mol. The average molecular weight is 376 g/mol. The van der Waals surface area contributed by atoms with Crippen molar-refractivity contribution in [1.29, 1.82) is 0 Å². The Labute approximate surface area is 152 Å². The minimum absolute atomic E-state index is 0.138. The van der Waals surface area contributed by atoms with Gasteiger partial charge in [0, 0.05) is 19.2 Å². The molecule has 1 aromatic heterocycles. The molecule has 134 valence electrons. The van der Waals surface area contributed by atoms with Crippen molar-refractivity contribution in [1.82, 2.24) is 9.88 Å². The maximum Gasteiger partial charge on any atom is 0.265 e. The zero-order valence-corrected chi connectivity index (χ0v) is 14.9. The van der Waals surface area contributed by atoms with Gasteiger partial charge >= 0.3 is 0 Å². The molecule has 1 amide bonds. The Kier molecular flexibility index (Phi) is 5.08. The van der Waals surface area contributed by atoms with Crippen molar-refractivity contribution in [2.45, 2.75) is 13.5 Å². The van der Waals surface area contributed by atoms with Gasteiger partial charge in [0.15, 0.2) is 11.6 Å². The molecule has 0 spiro atoms. The first-order chi connectivity index (χ1) is 12.3. The second-order valence-electron chi connectivity index (χ2n) is 5.85. The number of amides is 1. The van der Waals surface area contributed by atoms with E-state index in [1.54, 1.807) is 26.1 Å². The topological polar surface area (TPSA) is 33.2 Å². The molecule has 3 nitrogen and oxygen atoms in total. The Morgan fingerprint density at radius 1 is 1.08 bits per heavy atom. The molecule has 0 aliphatic rings. The molecule has 0 N–H and O–H groups in total. The van der Waals surface area contributed by atoms with Gasteiger partial charge < -0.3 is 4.90 Å². The van der Waals surface area contributed by atoms with E-state index in [0.29, 0.717) is 21.1 Å². The van der Waals surface area contributed by atoms with E-state index in [-0.39, 0.29) is 18.3 Å². The Bertz CT molecular complexity index is 954. The second kappa shape index (κ2) is 7.29. The SMILES string of the molecule is Cc1nc(-c2ccc(F)cc2)sc1C(=O)N(C)Cc1ccc(F)c(F)c1. The average Bonchev–Trinajstić information content (AvgIpc) is 2.99. The highest BCUT2D eigenvalue weighted by Gasteiger charge is 2.20. The first-order valence-corrected chi connectivity index (χ1v) is 8.59. The molecule has 0 fully saturated rings. The number of aryl methyl sites for hydroxylation is 1. The molecule has 0 unspecified atom stereocenters. The lowest BCUT2D eigenvalue weighted by molar-refractivity contribution is 0.0788. The Morgan fingerprint density at radius 2 is 1.77 bits per heavy atom. The van der Waals surface area contributed by atoms with Gasteiger partial charge in [0.1, 0.15) is 15.7 Å². The van der Waals surface area contributed by atoms with E-state index in [2.05, 4.69) is 4.98 Å². The van der Waals surface area contributed by atoms with Gasteiger partial charge in [0.2, 0.25) is 0 Å². The summed E-state index contributed by atoms with van der Waals surface area (Å²) in [6, 6.07) is 9.42. The zero-order valence-electron chi connectivity index (χ0n) is 14.1. The minimum atomic E-state index is -0.948. The normalized spacial score (nSPS) is 10.8. The van der Waals surface area contributed by atoms with Crippen molar-refractivity contribution in [3.63, 3.8) is 0 Å². The third-order valence-corrected chi connectivity index (χ3v) is 5.03. The molecule has 0 saturated carbocycles. The highest BCUT2D eigenvalue weighted by atomic mass is 32.1. The molecule has 2 aromatic carbocycles. The molecule has 7 heteroatoms. The fourth-order valence-corrected chi connectivity index (χ4v) is 3.53. The summed E-state index contributed by atoms with van der Waals surface area (Å²) in [6.45, 7) is 1.86. The van der Waals surface area contributed by atoms with Crippen LogP contribution in [0.3, 0.4) is 0 Å². The van der Waals surface area contributed by atoms with Crippen LogP contribution in [0.15, 0.2) is 42.5 Å². The lowest BCUT2D eigenvalue weighted by Gasteiger charge is -2.16. The van der Waals surface area contributed by atoms with E-state index in [9.17, 15) is 18.0 Å². The summed E-state index contributed by atoms with van der Waals surface area (Å²) < 4.78 is 39.4. The highest BCUT2D eigenvalue weighted by Crippen LogP contribution is 2.29. The third-order valence-electron chi connectivity index (χ3n) is 3.83. The number of benzene rings is 2. The van der Waals surface area contributed by atoms with Gasteiger partial charge in [0.05, 0.1) is 5.69 Å². The Hall–Kier alpha value is -2.67. The van der Waals surface area contributed by atoms with Crippen molar-refractivity contribution in [3.8, 4) is 10.6 Å². The number of rotatable bonds is 4. The monoisotopic (exact) mass is 376 g/mol. The summed E-state index contributed by atoms with van der Waals surface area (Å²) >= 11 is 1.21. The second-order valence-corrected chi connectivity index (χ2v) is 6.85. The van der Waals surface area contributed by atoms with Crippen LogP contribution in [0, 0.1) is 24.4 Å². The molecule has 3 rings (SSSR count). The van der Waals surface area contributed by atoms with Gasteiger partial charge in [-0.1, -0.05) is 6.07 Å². The van der Waals surface area contributed by atoms with Gasteiger partial charge in [-0.2, -0.15) is 0 Å². The van der Waals surface area contributed by atoms with Crippen LogP contribution >= 0.6 is 11.3 Å². The summed E-state index contributed by atoms with van der Waals surface area (Å²) in [6.07, 6.45) is 0. The van der Waals surface area contributed by atoms with Crippen LogP contribution in [0.1, 0.15) is 20.9 Å². The van der Waals surface area contributed by atoms with Crippen LogP contribution in [0.25, 0.3) is 10.6 Å². The lowest BCUT2D eigenvalue weighted by atomic mass is 10.2. The molecule has 0 aliphatic carbocycles. The number of thiazole rings is 1. The maximum atomic E-state index is 13.3. The number of nitrogens with zero attached hydrogens (tertiary/aromatic N) is 2. The van der Waals surface area contributed by atoms with E-state index in [0.717, 1.165) is 17.7 Å². The number of hydrogen-bond acceptors (Lipinski definition) is 3. The zero-order chi connectivity index (χ0) is 18.8. The largest absolute Gasteiger partial charge is 0.337 e. The molecule has 1 heterocycles. The molecule has 3 aromatic rings. The number of hydrogen-bond donors (Lipinski definition) is 0. The van der Waals surface area contributed by atoms with E-state index in [1.165, 1.54) is 34.4 Å². The van der Waals surface area contributed by atoms with Crippen LogP contribution in [0.4, 0.5) is 13.2 Å². The standard InChI is InChI=1S/C19H15F3N2OS/c1-11-17(26-18(23-11)13-4-6-14(20)7-5-13)19(25)24(2)10-12-3-8-15(21)16(22)9-12/h3-9H,10H2,1-2H3. The Morgan fingerprint density at radius 3 is 2.42 bits per heavy atom. The Balaban J connectivity index is 1.80. The predicted molar refractivity (Wildman–Crippen MR) is 94.4 cm³/mol. The van der Waals surface area contributed by atoms with Crippen LogP contribution < -0.4 is 0 Å². The van der Waals surface area contributed by atoms with Crippen LogP contribution in [-0.2, 0) is 6.54 Å². The predicted octanol–water partition coefficient (Wildman–Crippen LogP) is 4.81. The van der Waals surface area contributed by atoms with Crippen molar-refractivity contribution >= 4 is 17.2 Å². The van der Waals surface area contributed by atoms with Gasteiger partial charge in [-0.3, -0.25) is 4.79 Å². The molecule has 0 atom stereocenters. The summed E-state index contributed by atoms with van der Waals surface area (Å²) in [5.41, 5.74) is 1.78. The third kappa shape index (κ3) is 3.77. The minimum Gasteiger partial charge on any atom is -0.337 e. The highest BCUT2D eigenvalue weighted by molar-refractivity contribution is 7.17. The van der Waals surface area contributed by atoms with Crippen molar-refractivity contribution in [3.05, 3.63) is 76.1 Å². The summed E-state index contributed by atoms with van der Waals surface area (Å²) in [4.78, 5) is 18.9. The summed E-state index contributed by atoms with van der Waals surface area (Å²) in [5, 5.41) is 0.618. The van der Waals surface area contributed by atoms with E-state index < -0.39 is 11.6 Å². The van der Waals surface area contributed by atoms with Crippen molar-refractivity contribution in [2.24, 2.45) is 0 Å². The number of carbonyl (C=O) groups excluding carboxylic acids is 1. The molecule has 0 bridgehead atoms. The van der Waals surface area contributed by atoms with Crippen LogP contribution in [-0.4, -0.2) is 22.8 Å². The quantitative estimate of drug-likeness (QED) is 0.655. The molecule has 0 saturated heterocycles. The van der Waals surface area contributed by atoms with Gasteiger partial charge in [0.25, 0.3) is 5.91 Å². The smallest absolute Gasteiger partial charge is 0.265 e. The number of carbonyl (C=O) groups is 1. The fraction of sp³-hybridized carbons (Fsp3) is 0.158. The van der Waals surface area contributed by atoms with Crippen molar-refractivity contribution in [2.75, 3.05) is 7.05 Å². The van der Waals surface area contributed by atoms with Gasteiger partial charge in [-0.15, -0.1) is 11.3 Å².